The van der Waals surface area contributed by atoms with Gasteiger partial charge in [-0.2, -0.15) is 0 Å². The molecule has 2 aliphatic rings. The highest BCUT2D eigenvalue weighted by atomic mass is 16.3. The van der Waals surface area contributed by atoms with Gasteiger partial charge in [-0.3, -0.25) is 4.79 Å². The van der Waals surface area contributed by atoms with Gasteiger partial charge in [0.15, 0.2) is 0 Å². The van der Waals surface area contributed by atoms with Crippen LogP contribution < -0.4 is 5.32 Å². The number of carbonyl (C=O) groups is 1. The van der Waals surface area contributed by atoms with Gasteiger partial charge in [-0.25, -0.2) is 0 Å². The van der Waals surface area contributed by atoms with E-state index in [-0.39, 0.29) is 23.8 Å². The van der Waals surface area contributed by atoms with Crippen molar-refractivity contribution in [3.63, 3.8) is 0 Å². The average Bonchev–Trinajstić information content (AvgIpc) is 2.69. The van der Waals surface area contributed by atoms with Crippen LogP contribution >= 0.6 is 0 Å². The first kappa shape index (κ1) is 12.8. The SMILES string of the molecule is CCC1CN(C(=O)[C@H]2CCN[C@@H](C)C2)CC1O. The first-order chi connectivity index (χ1) is 8.11. The van der Waals surface area contributed by atoms with Crippen LogP contribution in [-0.4, -0.2) is 47.7 Å². The van der Waals surface area contributed by atoms with Crippen molar-refractivity contribution in [1.82, 2.24) is 10.2 Å². The van der Waals surface area contributed by atoms with Crippen LogP contribution in [0.15, 0.2) is 0 Å². The van der Waals surface area contributed by atoms with E-state index >= 15 is 0 Å². The van der Waals surface area contributed by atoms with Crippen molar-refractivity contribution in [3.05, 3.63) is 0 Å². The summed E-state index contributed by atoms with van der Waals surface area (Å²) < 4.78 is 0. The van der Waals surface area contributed by atoms with Gasteiger partial charge in [0.05, 0.1) is 6.10 Å². The maximum atomic E-state index is 12.3. The number of hydrogen-bond acceptors (Lipinski definition) is 3. The topological polar surface area (TPSA) is 52.6 Å². The average molecular weight is 240 g/mol. The molecule has 0 radical (unpaired) electrons. The molecule has 2 N–H and O–H groups in total. The van der Waals surface area contributed by atoms with Crippen molar-refractivity contribution in [2.24, 2.45) is 11.8 Å². The van der Waals surface area contributed by atoms with Gasteiger partial charge in [-0.1, -0.05) is 6.92 Å². The molecule has 0 aromatic heterocycles. The molecule has 1 amide bonds. The molecule has 0 bridgehead atoms. The molecule has 0 aliphatic carbocycles. The quantitative estimate of drug-likeness (QED) is 0.743. The molecular formula is C13H24N2O2. The van der Waals surface area contributed by atoms with Crippen LogP contribution in [0.5, 0.6) is 0 Å². The van der Waals surface area contributed by atoms with Gasteiger partial charge in [0.2, 0.25) is 5.91 Å². The fourth-order valence-electron chi connectivity index (χ4n) is 3.05. The Morgan fingerprint density at radius 2 is 2.24 bits per heavy atom. The fraction of sp³-hybridized carbons (Fsp3) is 0.923. The first-order valence-electron chi connectivity index (χ1n) is 6.82. The van der Waals surface area contributed by atoms with Gasteiger partial charge in [-0.05, 0) is 32.7 Å². The Morgan fingerprint density at radius 3 is 2.82 bits per heavy atom. The van der Waals surface area contributed by atoms with Gasteiger partial charge in [0, 0.05) is 31.0 Å². The highest BCUT2D eigenvalue weighted by Gasteiger charge is 2.36. The van der Waals surface area contributed by atoms with Crippen molar-refractivity contribution in [3.8, 4) is 0 Å². The predicted molar refractivity (Wildman–Crippen MR) is 66.6 cm³/mol. The Kier molecular flexibility index (Phi) is 4.05. The largest absolute Gasteiger partial charge is 0.391 e. The molecule has 2 aliphatic heterocycles. The molecule has 2 fully saturated rings. The molecule has 0 aromatic carbocycles. The molecule has 2 saturated heterocycles. The Balaban J connectivity index is 1.92. The lowest BCUT2D eigenvalue weighted by Gasteiger charge is -2.30. The van der Waals surface area contributed by atoms with E-state index in [1.54, 1.807) is 0 Å². The second-order valence-corrected chi connectivity index (χ2v) is 5.56. The number of hydrogen-bond donors (Lipinski definition) is 2. The zero-order valence-electron chi connectivity index (χ0n) is 10.9. The fourth-order valence-corrected chi connectivity index (χ4v) is 3.05. The Bertz CT molecular complexity index is 283. The number of rotatable bonds is 2. The van der Waals surface area contributed by atoms with Crippen LogP contribution in [0.4, 0.5) is 0 Å². The minimum Gasteiger partial charge on any atom is -0.391 e. The van der Waals surface area contributed by atoms with E-state index in [9.17, 15) is 9.90 Å². The normalized spacial score (nSPS) is 38.4. The van der Waals surface area contributed by atoms with Gasteiger partial charge in [-0.15, -0.1) is 0 Å². The molecule has 0 saturated carbocycles. The second kappa shape index (κ2) is 5.36. The smallest absolute Gasteiger partial charge is 0.225 e. The van der Waals surface area contributed by atoms with E-state index in [0.29, 0.717) is 12.6 Å². The number of nitrogens with zero attached hydrogens (tertiary/aromatic N) is 1. The minimum absolute atomic E-state index is 0.161. The van der Waals surface area contributed by atoms with Gasteiger partial charge in [0.25, 0.3) is 0 Å². The molecular weight excluding hydrogens is 216 g/mol. The summed E-state index contributed by atoms with van der Waals surface area (Å²) in [5, 5.41) is 13.2. The monoisotopic (exact) mass is 240 g/mol. The second-order valence-electron chi connectivity index (χ2n) is 5.56. The van der Waals surface area contributed by atoms with Crippen LogP contribution in [0.2, 0.25) is 0 Å². The van der Waals surface area contributed by atoms with Crippen LogP contribution in [0.1, 0.15) is 33.1 Å². The number of nitrogens with one attached hydrogen (secondary N) is 1. The van der Waals surface area contributed by atoms with E-state index in [2.05, 4.69) is 19.2 Å². The highest BCUT2D eigenvalue weighted by Crippen LogP contribution is 2.25. The van der Waals surface area contributed by atoms with Gasteiger partial charge in [0.1, 0.15) is 0 Å². The summed E-state index contributed by atoms with van der Waals surface area (Å²) in [4.78, 5) is 14.2. The first-order valence-corrected chi connectivity index (χ1v) is 6.82. The van der Waals surface area contributed by atoms with Crippen LogP contribution in [0.25, 0.3) is 0 Å². The maximum absolute atomic E-state index is 12.3. The predicted octanol–water partition coefficient (Wildman–Crippen LogP) is 0.604. The zero-order chi connectivity index (χ0) is 12.4. The molecule has 0 aromatic rings. The van der Waals surface area contributed by atoms with Crippen molar-refractivity contribution in [2.45, 2.75) is 45.3 Å². The van der Waals surface area contributed by atoms with E-state index in [0.717, 1.165) is 32.4 Å². The molecule has 4 nitrogen and oxygen atoms in total. The Labute approximate surface area is 103 Å². The summed E-state index contributed by atoms with van der Waals surface area (Å²) in [6, 6.07) is 0.437. The number of likely N-dealkylation sites (tertiary alicyclic amines) is 1. The van der Waals surface area contributed by atoms with Crippen LogP contribution in [-0.2, 0) is 4.79 Å². The number of carbonyl (C=O) groups excluding carboxylic acids is 1. The minimum atomic E-state index is -0.317. The number of piperidine rings is 1. The lowest BCUT2D eigenvalue weighted by atomic mass is 9.92. The lowest BCUT2D eigenvalue weighted by Crippen LogP contribution is -2.43. The Hall–Kier alpha value is -0.610. The van der Waals surface area contributed by atoms with Crippen LogP contribution in [0, 0.1) is 11.8 Å². The molecule has 4 atom stereocenters. The maximum Gasteiger partial charge on any atom is 0.225 e. The van der Waals surface area contributed by atoms with Crippen molar-refractivity contribution in [1.29, 1.82) is 0 Å². The van der Waals surface area contributed by atoms with Gasteiger partial charge < -0.3 is 15.3 Å². The molecule has 4 heteroatoms. The standard InChI is InChI=1S/C13H24N2O2/c1-3-10-7-15(8-12(10)16)13(17)11-4-5-14-9(2)6-11/h9-12,14,16H,3-8H2,1-2H3/t9-,10?,11-,12?/m0/s1. The molecule has 2 rings (SSSR count). The van der Waals surface area contributed by atoms with E-state index in [1.807, 2.05) is 4.90 Å². The third kappa shape index (κ3) is 2.80. The molecule has 17 heavy (non-hydrogen) atoms. The summed E-state index contributed by atoms with van der Waals surface area (Å²) in [6.45, 7) is 6.43. The number of aliphatic hydroxyl groups is 1. The molecule has 98 valence electrons. The van der Waals surface area contributed by atoms with Gasteiger partial charge >= 0.3 is 0 Å². The summed E-state index contributed by atoms with van der Waals surface area (Å²) in [5.41, 5.74) is 0. The number of amides is 1. The summed E-state index contributed by atoms with van der Waals surface area (Å²) >= 11 is 0. The van der Waals surface area contributed by atoms with E-state index < -0.39 is 0 Å². The summed E-state index contributed by atoms with van der Waals surface area (Å²) in [6.07, 6.45) is 2.51. The lowest BCUT2D eigenvalue weighted by molar-refractivity contribution is -0.136. The van der Waals surface area contributed by atoms with E-state index in [4.69, 9.17) is 0 Å². The summed E-state index contributed by atoms with van der Waals surface area (Å²) in [7, 11) is 0. The van der Waals surface area contributed by atoms with Crippen molar-refractivity contribution < 1.29 is 9.90 Å². The zero-order valence-corrected chi connectivity index (χ0v) is 10.9. The number of β-amino-alcohol motifs (C(OH)–C–C–N with tert-alkyl or cyclic N) is 1. The summed E-state index contributed by atoms with van der Waals surface area (Å²) in [5.74, 6) is 0.695. The van der Waals surface area contributed by atoms with Crippen molar-refractivity contribution >= 4 is 5.91 Å². The third-order valence-electron chi connectivity index (χ3n) is 4.22. The molecule has 0 spiro atoms. The third-order valence-corrected chi connectivity index (χ3v) is 4.22. The highest BCUT2D eigenvalue weighted by molar-refractivity contribution is 5.79. The number of aliphatic hydroxyl groups excluding tert-OH is 1. The molecule has 2 unspecified atom stereocenters. The Morgan fingerprint density at radius 1 is 1.47 bits per heavy atom. The van der Waals surface area contributed by atoms with Crippen molar-refractivity contribution in [2.75, 3.05) is 19.6 Å². The molecule has 2 heterocycles. The van der Waals surface area contributed by atoms with E-state index in [1.165, 1.54) is 0 Å². The van der Waals surface area contributed by atoms with Crippen LogP contribution in [0.3, 0.4) is 0 Å².